The van der Waals surface area contributed by atoms with Crippen LogP contribution < -0.4 is 11.1 Å². The molecule has 0 saturated heterocycles. The number of halogens is 3. The van der Waals surface area contributed by atoms with Crippen LogP contribution in [0.5, 0.6) is 0 Å². The Morgan fingerprint density at radius 1 is 1.44 bits per heavy atom. The number of alkyl halides is 2. The predicted molar refractivity (Wildman–Crippen MR) is 60.9 cm³/mol. The molecule has 0 fully saturated rings. The minimum Gasteiger partial charge on any atom is -0.396 e. The molecule has 3 N–H and O–H groups in total. The van der Waals surface area contributed by atoms with Crippen LogP contribution >= 0.6 is 0 Å². The summed E-state index contributed by atoms with van der Waals surface area (Å²) in [5.74, 6) is -1.09. The highest BCUT2D eigenvalue weighted by Crippen LogP contribution is 2.15. The molecule has 0 unspecified atom stereocenters. The third-order valence-electron chi connectivity index (χ3n) is 2.00. The molecule has 100 valence electrons. The largest absolute Gasteiger partial charge is 0.396 e. The van der Waals surface area contributed by atoms with Gasteiger partial charge in [0.1, 0.15) is 12.4 Å². The molecule has 4 nitrogen and oxygen atoms in total. The Morgan fingerprint density at radius 2 is 2.17 bits per heavy atom. The van der Waals surface area contributed by atoms with Gasteiger partial charge in [0.15, 0.2) is 0 Å². The molecular weight excluding hydrogens is 249 g/mol. The Balaban J connectivity index is 2.33. The normalized spacial score (nSPS) is 10.7. The van der Waals surface area contributed by atoms with Crippen molar-refractivity contribution in [2.75, 3.05) is 24.3 Å². The number of nitrogens with one attached hydrogen (secondary N) is 1. The van der Waals surface area contributed by atoms with Gasteiger partial charge in [-0.2, -0.15) is 0 Å². The molecule has 0 spiro atoms. The first-order valence-corrected chi connectivity index (χ1v) is 5.20. The highest BCUT2D eigenvalue weighted by Gasteiger charge is 2.06. The number of rotatable bonds is 6. The lowest BCUT2D eigenvalue weighted by atomic mass is 10.2. The minimum atomic E-state index is -2.56. The van der Waals surface area contributed by atoms with Crippen LogP contribution in [0.3, 0.4) is 0 Å². The van der Waals surface area contributed by atoms with Crippen LogP contribution in [0.1, 0.15) is 6.42 Å². The van der Waals surface area contributed by atoms with E-state index in [1.807, 2.05) is 0 Å². The molecule has 0 bridgehead atoms. The van der Waals surface area contributed by atoms with E-state index in [4.69, 9.17) is 5.73 Å². The molecule has 0 radical (unpaired) electrons. The molecule has 0 aliphatic rings. The molecule has 7 heteroatoms. The average Bonchev–Trinajstić information content (AvgIpc) is 2.29. The van der Waals surface area contributed by atoms with E-state index in [9.17, 15) is 18.0 Å². The fourth-order valence-electron chi connectivity index (χ4n) is 1.17. The Morgan fingerprint density at radius 3 is 2.78 bits per heavy atom. The summed E-state index contributed by atoms with van der Waals surface area (Å²) in [6.07, 6.45) is -2.64. The second-order valence-corrected chi connectivity index (χ2v) is 3.50. The number of amides is 1. The van der Waals surface area contributed by atoms with Gasteiger partial charge in [0.25, 0.3) is 6.43 Å². The van der Waals surface area contributed by atoms with Gasteiger partial charge in [0.2, 0.25) is 5.91 Å². The number of anilines is 2. The highest BCUT2D eigenvalue weighted by molar-refractivity contribution is 5.90. The standard InChI is InChI=1S/C11H13F3N2O2/c12-8-5-7(1-2-9(8)15)16-11(17)3-4-18-6-10(13)14/h1-2,5,10H,3-4,6,15H2,(H,16,17). The minimum absolute atomic E-state index is 0.0201. The second-order valence-electron chi connectivity index (χ2n) is 3.50. The van der Waals surface area contributed by atoms with E-state index >= 15 is 0 Å². The van der Waals surface area contributed by atoms with Gasteiger partial charge >= 0.3 is 0 Å². The number of hydrogen-bond donors (Lipinski definition) is 2. The van der Waals surface area contributed by atoms with Crippen LogP contribution in [-0.2, 0) is 9.53 Å². The van der Waals surface area contributed by atoms with Crippen molar-refractivity contribution in [3.63, 3.8) is 0 Å². The van der Waals surface area contributed by atoms with Crippen molar-refractivity contribution in [3.8, 4) is 0 Å². The number of nitrogen functional groups attached to an aromatic ring is 1. The Kier molecular flexibility index (Phi) is 5.44. The van der Waals surface area contributed by atoms with Crippen LogP contribution in [0.4, 0.5) is 24.5 Å². The van der Waals surface area contributed by atoms with Crippen LogP contribution in [0.25, 0.3) is 0 Å². The molecule has 0 heterocycles. The summed E-state index contributed by atoms with van der Waals surface area (Å²) in [7, 11) is 0. The quantitative estimate of drug-likeness (QED) is 0.609. The summed E-state index contributed by atoms with van der Waals surface area (Å²) in [6, 6.07) is 3.84. The average molecular weight is 262 g/mol. The maximum atomic E-state index is 13.0. The maximum Gasteiger partial charge on any atom is 0.261 e. The summed E-state index contributed by atoms with van der Waals surface area (Å²) < 4.78 is 41.0. The van der Waals surface area contributed by atoms with Crippen molar-refractivity contribution >= 4 is 17.3 Å². The summed E-state index contributed by atoms with van der Waals surface area (Å²) in [5, 5.41) is 2.40. The van der Waals surface area contributed by atoms with E-state index in [0.717, 1.165) is 6.07 Å². The molecule has 0 aliphatic carbocycles. The molecule has 0 aromatic heterocycles. The van der Waals surface area contributed by atoms with Crippen LogP contribution in [0.15, 0.2) is 18.2 Å². The topological polar surface area (TPSA) is 64.3 Å². The number of benzene rings is 1. The second kappa shape index (κ2) is 6.85. The third-order valence-corrected chi connectivity index (χ3v) is 2.00. The van der Waals surface area contributed by atoms with Crippen molar-refractivity contribution in [2.45, 2.75) is 12.8 Å². The SMILES string of the molecule is Nc1ccc(NC(=O)CCOCC(F)F)cc1F. The van der Waals surface area contributed by atoms with Gasteiger partial charge in [-0.1, -0.05) is 0 Å². The number of nitrogens with two attached hydrogens (primary N) is 1. The molecular formula is C11H13F3N2O2. The predicted octanol–water partition coefficient (Wildman–Crippen LogP) is 2.02. The van der Waals surface area contributed by atoms with E-state index in [-0.39, 0.29) is 24.4 Å². The summed E-state index contributed by atoms with van der Waals surface area (Å²) in [4.78, 5) is 11.3. The monoisotopic (exact) mass is 262 g/mol. The highest BCUT2D eigenvalue weighted by atomic mass is 19.3. The van der Waals surface area contributed by atoms with Crippen molar-refractivity contribution in [3.05, 3.63) is 24.0 Å². The Hall–Kier alpha value is -1.76. The lowest BCUT2D eigenvalue weighted by Gasteiger charge is -2.06. The third kappa shape index (κ3) is 5.05. The summed E-state index contributed by atoms with van der Waals surface area (Å²) in [5.41, 5.74) is 5.50. The van der Waals surface area contributed by atoms with Crippen molar-refractivity contribution in [2.24, 2.45) is 0 Å². The van der Waals surface area contributed by atoms with Crippen LogP contribution in [-0.4, -0.2) is 25.5 Å². The molecule has 1 amide bonds. The first kappa shape index (κ1) is 14.3. The zero-order chi connectivity index (χ0) is 13.5. The fourth-order valence-corrected chi connectivity index (χ4v) is 1.17. The lowest BCUT2D eigenvalue weighted by molar-refractivity contribution is -0.117. The van der Waals surface area contributed by atoms with E-state index < -0.39 is 24.8 Å². The number of carbonyl (C=O) groups is 1. The van der Waals surface area contributed by atoms with E-state index in [1.165, 1.54) is 12.1 Å². The van der Waals surface area contributed by atoms with Crippen molar-refractivity contribution < 1.29 is 22.7 Å². The molecule has 1 aromatic carbocycles. The number of carbonyl (C=O) groups excluding carboxylic acids is 1. The van der Waals surface area contributed by atoms with E-state index in [2.05, 4.69) is 10.1 Å². The molecule has 18 heavy (non-hydrogen) atoms. The summed E-state index contributed by atoms with van der Waals surface area (Å²) in [6.45, 7) is -0.822. The van der Waals surface area contributed by atoms with Gasteiger partial charge in [0, 0.05) is 5.69 Å². The van der Waals surface area contributed by atoms with E-state index in [0.29, 0.717) is 0 Å². The number of hydrogen-bond acceptors (Lipinski definition) is 3. The fraction of sp³-hybridized carbons (Fsp3) is 0.364. The van der Waals surface area contributed by atoms with Gasteiger partial charge in [-0.05, 0) is 18.2 Å². The first-order valence-electron chi connectivity index (χ1n) is 5.20. The summed E-state index contributed by atoms with van der Waals surface area (Å²) >= 11 is 0. The van der Waals surface area contributed by atoms with Gasteiger partial charge in [0.05, 0.1) is 18.7 Å². The van der Waals surface area contributed by atoms with Gasteiger partial charge < -0.3 is 15.8 Å². The lowest BCUT2D eigenvalue weighted by Crippen LogP contribution is -2.15. The maximum absolute atomic E-state index is 13.0. The van der Waals surface area contributed by atoms with Crippen LogP contribution in [0.2, 0.25) is 0 Å². The molecule has 1 rings (SSSR count). The zero-order valence-corrected chi connectivity index (χ0v) is 9.46. The van der Waals surface area contributed by atoms with Gasteiger partial charge in [-0.25, -0.2) is 13.2 Å². The number of ether oxygens (including phenoxy) is 1. The Labute approximate surface area is 102 Å². The van der Waals surface area contributed by atoms with Crippen LogP contribution in [0, 0.1) is 5.82 Å². The smallest absolute Gasteiger partial charge is 0.261 e. The van der Waals surface area contributed by atoms with Gasteiger partial charge in [-0.3, -0.25) is 4.79 Å². The van der Waals surface area contributed by atoms with Crippen molar-refractivity contribution in [1.29, 1.82) is 0 Å². The molecule has 1 aromatic rings. The van der Waals surface area contributed by atoms with Gasteiger partial charge in [-0.15, -0.1) is 0 Å². The molecule has 0 saturated carbocycles. The van der Waals surface area contributed by atoms with Crippen molar-refractivity contribution in [1.82, 2.24) is 0 Å². The Bertz CT molecular complexity index is 413. The first-order chi connectivity index (χ1) is 8.49. The zero-order valence-electron chi connectivity index (χ0n) is 9.46. The molecule has 0 aliphatic heterocycles. The molecule has 0 atom stereocenters. The van der Waals surface area contributed by atoms with E-state index in [1.54, 1.807) is 0 Å².